The van der Waals surface area contributed by atoms with Crippen LogP contribution in [0, 0.1) is 17.1 Å². The van der Waals surface area contributed by atoms with E-state index in [9.17, 15) is 9.18 Å². The number of hydrogen-bond acceptors (Lipinski definition) is 3. The van der Waals surface area contributed by atoms with Gasteiger partial charge in [0, 0.05) is 24.5 Å². The lowest BCUT2D eigenvalue weighted by atomic mass is 10.0. The normalized spacial score (nSPS) is 11.4. The second kappa shape index (κ2) is 7.49. The largest absolute Gasteiger partial charge is 0.327 e. The number of anilines is 1. The summed E-state index contributed by atoms with van der Waals surface area (Å²) in [6.07, 6.45) is 3.43. The summed E-state index contributed by atoms with van der Waals surface area (Å²) in [5, 5.41) is 18.6. The Morgan fingerprint density at radius 3 is 2.65 bits per heavy atom. The van der Waals surface area contributed by atoms with E-state index in [0.717, 1.165) is 11.1 Å². The van der Waals surface area contributed by atoms with Crippen LogP contribution in [0.3, 0.4) is 0 Å². The van der Waals surface area contributed by atoms with Crippen molar-refractivity contribution in [3.05, 3.63) is 83.4 Å². The maximum Gasteiger partial charge on any atom is 0.319 e. The Hall–Kier alpha value is -3.66. The molecule has 0 aliphatic heterocycles. The third-order valence-electron chi connectivity index (χ3n) is 3.79. The zero-order valence-electron chi connectivity index (χ0n) is 14.0. The Bertz CT molecular complexity index is 959. The third kappa shape index (κ3) is 4.05. The summed E-state index contributed by atoms with van der Waals surface area (Å²) >= 11 is 0. The van der Waals surface area contributed by atoms with Crippen molar-refractivity contribution in [1.29, 1.82) is 5.26 Å². The standard InChI is InChI=1S/C19H16FN5O/c1-25-12-15(11-22-25)18(14-5-7-16(20)8-6-14)24-19(26)23-17-4-2-3-13(9-17)10-21/h2-9,11-12,18H,1H3,(H2,23,24,26)/t18-/m1/s1. The maximum absolute atomic E-state index is 13.2. The first kappa shape index (κ1) is 17.2. The molecule has 2 amide bonds. The number of carbonyl (C=O) groups is 1. The number of urea groups is 1. The van der Waals surface area contributed by atoms with Crippen molar-refractivity contribution in [2.24, 2.45) is 7.05 Å². The van der Waals surface area contributed by atoms with Gasteiger partial charge in [-0.25, -0.2) is 9.18 Å². The van der Waals surface area contributed by atoms with Crippen molar-refractivity contribution in [2.75, 3.05) is 5.32 Å². The first-order valence-electron chi connectivity index (χ1n) is 7.87. The number of amides is 2. The minimum atomic E-state index is -0.497. The predicted molar refractivity (Wildman–Crippen MR) is 94.8 cm³/mol. The molecule has 130 valence electrons. The molecule has 6 nitrogen and oxygen atoms in total. The smallest absolute Gasteiger partial charge is 0.319 e. The van der Waals surface area contributed by atoms with Crippen LogP contribution >= 0.6 is 0 Å². The lowest BCUT2D eigenvalue weighted by Gasteiger charge is -2.18. The lowest BCUT2D eigenvalue weighted by Crippen LogP contribution is -2.33. The first-order chi connectivity index (χ1) is 12.5. The number of rotatable bonds is 4. The number of carbonyl (C=O) groups excluding carboxylic acids is 1. The van der Waals surface area contributed by atoms with Crippen LogP contribution in [0.5, 0.6) is 0 Å². The zero-order chi connectivity index (χ0) is 18.5. The highest BCUT2D eigenvalue weighted by Gasteiger charge is 2.18. The second-order valence-corrected chi connectivity index (χ2v) is 5.72. The van der Waals surface area contributed by atoms with Gasteiger partial charge in [-0.1, -0.05) is 18.2 Å². The molecule has 2 aromatic carbocycles. The highest BCUT2D eigenvalue weighted by Crippen LogP contribution is 2.22. The van der Waals surface area contributed by atoms with Crippen molar-refractivity contribution < 1.29 is 9.18 Å². The van der Waals surface area contributed by atoms with E-state index in [0.29, 0.717) is 11.3 Å². The molecule has 7 heteroatoms. The van der Waals surface area contributed by atoms with Crippen molar-refractivity contribution >= 4 is 11.7 Å². The molecule has 0 spiro atoms. The highest BCUT2D eigenvalue weighted by molar-refractivity contribution is 5.90. The van der Waals surface area contributed by atoms with E-state index in [1.54, 1.807) is 60.5 Å². The summed E-state index contributed by atoms with van der Waals surface area (Å²) in [5.74, 6) is -0.351. The van der Waals surface area contributed by atoms with Gasteiger partial charge in [0.2, 0.25) is 0 Å². The molecule has 0 bridgehead atoms. The molecule has 0 radical (unpaired) electrons. The molecular weight excluding hydrogens is 333 g/mol. The molecule has 0 aliphatic rings. The Balaban J connectivity index is 1.82. The van der Waals surface area contributed by atoms with Gasteiger partial charge in [0.05, 0.1) is 23.9 Å². The monoisotopic (exact) mass is 349 g/mol. The SMILES string of the molecule is Cn1cc([C@H](NC(=O)Nc2cccc(C#N)c2)c2ccc(F)cc2)cn1. The van der Waals surface area contributed by atoms with Gasteiger partial charge in [0.1, 0.15) is 5.82 Å². The zero-order valence-corrected chi connectivity index (χ0v) is 14.0. The average molecular weight is 349 g/mol. The van der Waals surface area contributed by atoms with E-state index in [1.165, 1.54) is 12.1 Å². The Labute approximate surface area is 149 Å². The Morgan fingerprint density at radius 1 is 1.23 bits per heavy atom. The third-order valence-corrected chi connectivity index (χ3v) is 3.79. The molecule has 1 heterocycles. The van der Waals surface area contributed by atoms with Gasteiger partial charge in [-0.15, -0.1) is 0 Å². The minimum absolute atomic E-state index is 0.351. The van der Waals surface area contributed by atoms with Gasteiger partial charge < -0.3 is 10.6 Å². The Kier molecular flexibility index (Phi) is 4.94. The molecular formula is C19H16FN5O. The summed E-state index contributed by atoms with van der Waals surface area (Å²) in [7, 11) is 1.78. The summed E-state index contributed by atoms with van der Waals surface area (Å²) in [6, 6.07) is 13.6. The van der Waals surface area contributed by atoms with Crippen LogP contribution in [-0.2, 0) is 7.05 Å². The molecule has 26 heavy (non-hydrogen) atoms. The number of benzene rings is 2. The maximum atomic E-state index is 13.2. The molecule has 0 saturated carbocycles. The molecule has 0 unspecified atom stereocenters. The molecule has 1 aromatic heterocycles. The van der Waals surface area contributed by atoms with E-state index in [1.807, 2.05) is 6.07 Å². The van der Waals surface area contributed by atoms with Gasteiger partial charge in [0.25, 0.3) is 0 Å². The fraction of sp³-hybridized carbons (Fsp3) is 0.105. The molecule has 0 saturated heterocycles. The van der Waals surface area contributed by atoms with Crippen LogP contribution in [0.25, 0.3) is 0 Å². The van der Waals surface area contributed by atoms with Gasteiger partial charge in [-0.05, 0) is 35.9 Å². The van der Waals surface area contributed by atoms with Gasteiger partial charge >= 0.3 is 6.03 Å². The second-order valence-electron chi connectivity index (χ2n) is 5.72. The first-order valence-corrected chi connectivity index (χ1v) is 7.87. The predicted octanol–water partition coefficient (Wildman–Crippen LogP) is 3.34. The summed E-state index contributed by atoms with van der Waals surface area (Å²) in [5.41, 5.74) is 2.44. The number of nitriles is 1. The van der Waals surface area contributed by atoms with E-state index < -0.39 is 12.1 Å². The molecule has 3 rings (SSSR count). The summed E-state index contributed by atoms with van der Waals surface area (Å²) in [4.78, 5) is 12.4. The van der Waals surface area contributed by atoms with E-state index >= 15 is 0 Å². The van der Waals surface area contributed by atoms with Gasteiger partial charge in [0.15, 0.2) is 0 Å². The van der Waals surface area contributed by atoms with Crippen molar-refractivity contribution in [2.45, 2.75) is 6.04 Å². The van der Waals surface area contributed by atoms with E-state index in [2.05, 4.69) is 15.7 Å². The van der Waals surface area contributed by atoms with Crippen molar-refractivity contribution in [1.82, 2.24) is 15.1 Å². The molecule has 0 aliphatic carbocycles. The lowest BCUT2D eigenvalue weighted by molar-refractivity contribution is 0.250. The Morgan fingerprint density at radius 2 is 2.00 bits per heavy atom. The fourth-order valence-corrected chi connectivity index (χ4v) is 2.57. The highest BCUT2D eigenvalue weighted by atomic mass is 19.1. The number of aryl methyl sites for hydroxylation is 1. The van der Waals surface area contributed by atoms with Crippen LogP contribution in [0.1, 0.15) is 22.7 Å². The van der Waals surface area contributed by atoms with Crippen molar-refractivity contribution in [3.8, 4) is 6.07 Å². The van der Waals surface area contributed by atoms with E-state index in [-0.39, 0.29) is 5.82 Å². The molecule has 0 fully saturated rings. The fourth-order valence-electron chi connectivity index (χ4n) is 2.57. The number of hydrogen-bond donors (Lipinski definition) is 2. The number of aromatic nitrogens is 2. The number of nitrogens with zero attached hydrogens (tertiary/aromatic N) is 3. The van der Waals surface area contributed by atoms with Gasteiger partial charge in [-0.3, -0.25) is 4.68 Å². The van der Waals surface area contributed by atoms with Crippen LogP contribution in [0.4, 0.5) is 14.9 Å². The van der Waals surface area contributed by atoms with E-state index in [4.69, 9.17) is 5.26 Å². The summed E-state index contributed by atoms with van der Waals surface area (Å²) < 4.78 is 14.9. The van der Waals surface area contributed by atoms with Crippen LogP contribution in [0.15, 0.2) is 60.9 Å². The van der Waals surface area contributed by atoms with Gasteiger partial charge in [-0.2, -0.15) is 10.4 Å². The van der Waals surface area contributed by atoms with Crippen LogP contribution in [-0.4, -0.2) is 15.8 Å². The number of nitrogens with one attached hydrogen (secondary N) is 2. The van der Waals surface area contributed by atoms with Crippen molar-refractivity contribution in [3.63, 3.8) is 0 Å². The molecule has 1 atom stereocenters. The quantitative estimate of drug-likeness (QED) is 0.758. The summed E-state index contributed by atoms with van der Waals surface area (Å²) in [6.45, 7) is 0. The topological polar surface area (TPSA) is 82.7 Å². The van der Waals surface area contributed by atoms with Crippen LogP contribution in [0.2, 0.25) is 0 Å². The molecule has 3 aromatic rings. The van der Waals surface area contributed by atoms with Crippen LogP contribution < -0.4 is 10.6 Å². The minimum Gasteiger partial charge on any atom is -0.327 e. The number of halogens is 1. The molecule has 2 N–H and O–H groups in total. The average Bonchev–Trinajstić information content (AvgIpc) is 3.07.